The molecule has 2 aliphatic heterocycles. The van der Waals surface area contributed by atoms with Gasteiger partial charge in [0.2, 0.25) is 0 Å². The van der Waals surface area contributed by atoms with Crippen LogP contribution in [0.25, 0.3) is 0 Å². The van der Waals surface area contributed by atoms with Crippen LogP contribution in [-0.4, -0.2) is 38.7 Å². The maximum atomic E-state index is 11.3. The van der Waals surface area contributed by atoms with Gasteiger partial charge in [0.05, 0.1) is 0 Å². The van der Waals surface area contributed by atoms with Crippen molar-refractivity contribution >= 4 is 9.84 Å². The first kappa shape index (κ1) is 7.52. The van der Waals surface area contributed by atoms with Gasteiger partial charge in [-0.3, -0.25) is 5.32 Å². The largest absolute Gasteiger partial charge is 0.310 e. The standard InChI is InChI=1S/C6H12N2O2S/c1-11(9,10)6-2-5(3-8-6)7-4-6/h5,7-8H,2-4H2,1H3. The summed E-state index contributed by atoms with van der Waals surface area (Å²) in [6.45, 7) is 1.35. The predicted octanol–water partition coefficient (Wildman–Crippen LogP) is -1.31. The second-order valence-electron chi connectivity index (χ2n) is 3.43. The molecule has 2 rings (SSSR count). The molecular weight excluding hydrogens is 164 g/mol. The summed E-state index contributed by atoms with van der Waals surface area (Å²) < 4.78 is 22.6. The average molecular weight is 176 g/mol. The molecular formula is C6H12N2O2S. The van der Waals surface area contributed by atoms with Gasteiger partial charge < -0.3 is 5.32 Å². The lowest BCUT2D eigenvalue weighted by Gasteiger charge is -2.25. The molecule has 2 atom stereocenters. The lowest BCUT2D eigenvalue weighted by molar-refractivity contribution is 0.466. The zero-order valence-electron chi connectivity index (χ0n) is 6.42. The van der Waals surface area contributed by atoms with E-state index in [9.17, 15) is 8.42 Å². The number of piperazine rings is 1. The van der Waals surface area contributed by atoms with E-state index in [2.05, 4.69) is 10.6 Å². The van der Waals surface area contributed by atoms with Crippen molar-refractivity contribution < 1.29 is 8.42 Å². The third-order valence-electron chi connectivity index (χ3n) is 2.63. The van der Waals surface area contributed by atoms with Crippen molar-refractivity contribution in [1.82, 2.24) is 10.6 Å². The van der Waals surface area contributed by atoms with E-state index in [1.165, 1.54) is 6.26 Å². The van der Waals surface area contributed by atoms with Gasteiger partial charge in [0.1, 0.15) is 4.87 Å². The number of nitrogens with one attached hydrogen (secondary N) is 2. The average Bonchev–Trinajstić information content (AvgIpc) is 2.42. The number of hydrogen-bond acceptors (Lipinski definition) is 4. The molecule has 2 unspecified atom stereocenters. The summed E-state index contributed by atoms with van der Waals surface area (Å²) in [5, 5.41) is 6.22. The number of hydrogen-bond donors (Lipinski definition) is 2. The quantitative estimate of drug-likeness (QED) is 0.521. The summed E-state index contributed by atoms with van der Waals surface area (Å²) in [6.07, 6.45) is 2.03. The van der Waals surface area contributed by atoms with E-state index in [-0.39, 0.29) is 0 Å². The van der Waals surface area contributed by atoms with E-state index in [1.807, 2.05) is 0 Å². The van der Waals surface area contributed by atoms with Gasteiger partial charge in [-0.2, -0.15) is 0 Å². The number of fused-ring (bicyclic) bond motifs is 2. The molecule has 0 radical (unpaired) electrons. The molecule has 0 aliphatic carbocycles. The highest BCUT2D eigenvalue weighted by Crippen LogP contribution is 2.29. The molecule has 4 nitrogen and oxygen atoms in total. The summed E-state index contributed by atoms with van der Waals surface area (Å²) in [5.41, 5.74) is 0. The van der Waals surface area contributed by atoms with Crippen LogP contribution in [0.15, 0.2) is 0 Å². The fourth-order valence-corrected chi connectivity index (χ4v) is 3.05. The molecule has 2 fully saturated rings. The van der Waals surface area contributed by atoms with Crippen LogP contribution < -0.4 is 10.6 Å². The van der Waals surface area contributed by atoms with E-state index in [0.29, 0.717) is 12.6 Å². The monoisotopic (exact) mass is 176 g/mol. The Morgan fingerprint density at radius 1 is 1.55 bits per heavy atom. The molecule has 0 saturated carbocycles. The second-order valence-corrected chi connectivity index (χ2v) is 5.76. The zero-order chi connectivity index (χ0) is 8.11. The summed E-state index contributed by atoms with van der Waals surface area (Å²) >= 11 is 0. The molecule has 0 aromatic heterocycles. The van der Waals surface area contributed by atoms with Crippen LogP contribution in [-0.2, 0) is 9.84 Å². The van der Waals surface area contributed by atoms with Crippen LogP contribution >= 0.6 is 0 Å². The van der Waals surface area contributed by atoms with E-state index in [4.69, 9.17) is 0 Å². The van der Waals surface area contributed by atoms with E-state index < -0.39 is 14.7 Å². The maximum Gasteiger partial charge on any atom is 0.167 e. The van der Waals surface area contributed by atoms with Crippen molar-refractivity contribution in [3.05, 3.63) is 0 Å². The van der Waals surface area contributed by atoms with Gasteiger partial charge in [-0.05, 0) is 6.42 Å². The Morgan fingerprint density at radius 2 is 2.27 bits per heavy atom. The molecule has 2 saturated heterocycles. The van der Waals surface area contributed by atoms with Crippen molar-refractivity contribution in [2.24, 2.45) is 0 Å². The third-order valence-corrected chi connectivity index (χ3v) is 4.51. The summed E-state index contributed by atoms with van der Waals surface area (Å²) in [6, 6.07) is 0.365. The second kappa shape index (κ2) is 1.97. The summed E-state index contributed by atoms with van der Waals surface area (Å²) in [5.74, 6) is 0. The Labute approximate surface area is 66.3 Å². The Balaban J connectivity index is 2.37. The first-order chi connectivity index (χ1) is 5.04. The van der Waals surface area contributed by atoms with Crippen molar-refractivity contribution in [2.75, 3.05) is 19.3 Å². The van der Waals surface area contributed by atoms with E-state index >= 15 is 0 Å². The Morgan fingerprint density at radius 3 is 2.45 bits per heavy atom. The van der Waals surface area contributed by atoms with Gasteiger partial charge in [0, 0.05) is 25.4 Å². The first-order valence-corrected chi connectivity index (χ1v) is 5.61. The Kier molecular flexibility index (Phi) is 1.34. The molecule has 2 heterocycles. The first-order valence-electron chi connectivity index (χ1n) is 3.72. The highest BCUT2D eigenvalue weighted by atomic mass is 32.2. The topological polar surface area (TPSA) is 58.2 Å². The fourth-order valence-electron chi connectivity index (χ4n) is 1.85. The summed E-state index contributed by atoms with van der Waals surface area (Å²) in [4.78, 5) is -0.641. The minimum atomic E-state index is -2.95. The lowest BCUT2D eigenvalue weighted by atomic mass is 10.2. The molecule has 2 N–H and O–H groups in total. The van der Waals surface area contributed by atoms with Crippen LogP contribution in [0.2, 0.25) is 0 Å². The Hall–Kier alpha value is -0.130. The molecule has 0 aromatic rings. The maximum absolute atomic E-state index is 11.3. The minimum absolute atomic E-state index is 0.365. The summed E-state index contributed by atoms with van der Waals surface area (Å²) in [7, 11) is -2.95. The van der Waals surface area contributed by atoms with E-state index in [1.54, 1.807) is 0 Å². The van der Waals surface area contributed by atoms with Gasteiger partial charge in [0.25, 0.3) is 0 Å². The van der Waals surface area contributed by atoms with Crippen molar-refractivity contribution in [3.63, 3.8) is 0 Å². The lowest BCUT2D eigenvalue weighted by Crippen LogP contribution is -2.54. The molecule has 64 valence electrons. The van der Waals surface area contributed by atoms with Gasteiger partial charge in [0.15, 0.2) is 9.84 Å². The van der Waals surface area contributed by atoms with Crippen LogP contribution in [0, 0.1) is 0 Å². The van der Waals surface area contributed by atoms with Crippen molar-refractivity contribution in [1.29, 1.82) is 0 Å². The third kappa shape index (κ3) is 0.913. The molecule has 2 bridgehead atoms. The number of rotatable bonds is 1. The molecule has 5 heteroatoms. The molecule has 2 aliphatic rings. The SMILES string of the molecule is CS(=O)(=O)C12CNC(CN1)C2. The van der Waals surface area contributed by atoms with Crippen LogP contribution in [0.3, 0.4) is 0 Å². The van der Waals surface area contributed by atoms with Crippen molar-refractivity contribution in [2.45, 2.75) is 17.3 Å². The van der Waals surface area contributed by atoms with Crippen LogP contribution in [0.5, 0.6) is 0 Å². The highest BCUT2D eigenvalue weighted by Gasteiger charge is 2.51. The van der Waals surface area contributed by atoms with Gasteiger partial charge in [-0.15, -0.1) is 0 Å². The van der Waals surface area contributed by atoms with Gasteiger partial charge in [-0.1, -0.05) is 0 Å². The minimum Gasteiger partial charge on any atom is -0.310 e. The fraction of sp³-hybridized carbons (Fsp3) is 1.00. The van der Waals surface area contributed by atoms with Crippen LogP contribution in [0.1, 0.15) is 6.42 Å². The Bertz CT molecular complexity index is 264. The molecule has 11 heavy (non-hydrogen) atoms. The smallest absolute Gasteiger partial charge is 0.167 e. The predicted molar refractivity (Wildman–Crippen MR) is 42.0 cm³/mol. The van der Waals surface area contributed by atoms with Crippen molar-refractivity contribution in [3.8, 4) is 0 Å². The van der Waals surface area contributed by atoms with E-state index in [0.717, 1.165) is 13.0 Å². The van der Waals surface area contributed by atoms with Crippen LogP contribution in [0.4, 0.5) is 0 Å². The van der Waals surface area contributed by atoms with Gasteiger partial charge in [-0.25, -0.2) is 8.42 Å². The zero-order valence-corrected chi connectivity index (χ0v) is 7.24. The number of sulfone groups is 1. The normalized spacial score (nSPS) is 43.2. The highest BCUT2D eigenvalue weighted by molar-refractivity contribution is 7.92. The van der Waals surface area contributed by atoms with Gasteiger partial charge >= 0.3 is 0 Å². The molecule has 0 aromatic carbocycles. The molecule has 0 spiro atoms. The molecule has 0 amide bonds.